The zero-order valence-corrected chi connectivity index (χ0v) is 13.2. The van der Waals surface area contributed by atoms with Gasteiger partial charge in [0.2, 0.25) is 5.89 Å². The van der Waals surface area contributed by atoms with E-state index in [-0.39, 0.29) is 6.42 Å². The van der Waals surface area contributed by atoms with Gasteiger partial charge < -0.3 is 14.3 Å². The van der Waals surface area contributed by atoms with Gasteiger partial charge in [0, 0.05) is 40.5 Å². The number of fused-ring (bicyclic) bond motifs is 1. The first kappa shape index (κ1) is 14.6. The Balaban J connectivity index is 1.83. The smallest absolute Gasteiger partial charge is 0.227 e. The van der Waals surface area contributed by atoms with E-state index < -0.39 is 5.97 Å². The molecule has 118 valence electrons. The summed E-state index contributed by atoms with van der Waals surface area (Å²) in [6.07, 6.45) is 1.45. The molecule has 0 aliphatic rings. The zero-order valence-electron chi connectivity index (χ0n) is 12.4. The Morgan fingerprint density at radius 2 is 2.12 bits per heavy atom. The fourth-order valence-corrected chi connectivity index (χ4v) is 3.20. The van der Waals surface area contributed by atoms with Crippen LogP contribution in [-0.4, -0.2) is 15.9 Å². The van der Waals surface area contributed by atoms with Gasteiger partial charge in [0.1, 0.15) is 0 Å². The molecular weight excluding hydrogens is 324 g/mol. The van der Waals surface area contributed by atoms with Crippen LogP contribution in [0.15, 0.2) is 57.8 Å². The summed E-state index contributed by atoms with van der Waals surface area (Å²) in [5.41, 5.74) is 2.84. The lowest BCUT2D eigenvalue weighted by atomic mass is 10.1. The highest BCUT2D eigenvalue weighted by atomic mass is 32.1. The third-order valence-corrected chi connectivity index (χ3v) is 4.33. The lowest BCUT2D eigenvalue weighted by Gasteiger charge is -1.99. The number of aliphatic carboxylic acids is 1. The predicted octanol–water partition coefficient (Wildman–Crippen LogP) is 2.91. The van der Waals surface area contributed by atoms with Crippen LogP contribution in [0.25, 0.3) is 33.7 Å². The van der Waals surface area contributed by atoms with Gasteiger partial charge in [0.05, 0.1) is 11.2 Å². The summed E-state index contributed by atoms with van der Waals surface area (Å²) in [5.74, 6) is -0.325. The van der Waals surface area contributed by atoms with E-state index >= 15 is 0 Å². The standard InChI is InChI=1S/C18H12N2O3S/c21-16(22)9-15-17(13-5-7-24-10-13)23-18(20-15)12-3-4-14-11(8-12)2-1-6-19-14/h1-8,10H,9H2,(H,21,22)/p-1. The summed E-state index contributed by atoms with van der Waals surface area (Å²) in [6.45, 7) is 0. The normalized spacial score (nSPS) is 11.0. The van der Waals surface area contributed by atoms with Crippen molar-refractivity contribution in [1.29, 1.82) is 0 Å². The minimum atomic E-state index is -1.19. The Kier molecular flexibility index (Phi) is 3.59. The molecule has 0 saturated carbocycles. The summed E-state index contributed by atoms with van der Waals surface area (Å²) in [7, 11) is 0. The molecule has 24 heavy (non-hydrogen) atoms. The molecule has 0 aliphatic carbocycles. The van der Waals surface area contributed by atoms with Crippen LogP contribution in [0, 0.1) is 0 Å². The Morgan fingerprint density at radius 1 is 1.21 bits per heavy atom. The Morgan fingerprint density at radius 3 is 2.92 bits per heavy atom. The Bertz CT molecular complexity index is 1020. The third kappa shape index (κ3) is 2.68. The summed E-state index contributed by atoms with van der Waals surface area (Å²) in [5, 5.41) is 15.8. The molecule has 4 aromatic rings. The first-order valence-electron chi connectivity index (χ1n) is 7.28. The van der Waals surface area contributed by atoms with Crippen LogP contribution in [-0.2, 0) is 11.2 Å². The number of carbonyl (C=O) groups is 1. The van der Waals surface area contributed by atoms with E-state index in [1.54, 1.807) is 6.20 Å². The average molecular weight is 335 g/mol. The van der Waals surface area contributed by atoms with Gasteiger partial charge >= 0.3 is 0 Å². The van der Waals surface area contributed by atoms with Crippen LogP contribution in [0.5, 0.6) is 0 Å². The van der Waals surface area contributed by atoms with Crippen molar-refractivity contribution in [3.05, 3.63) is 59.0 Å². The largest absolute Gasteiger partial charge is 0.550 e. The molecular formula is C18H11N2O3S-. The van der Waals surface area contributed by atoms with Gasteiger partial charge in [-0.15, -0.1) is 0 Å². The van der Waals surface area contributed by atoms with Gasteiger partial charge in [-0.2, -0.15) is 11.3 Å². The molecule has 0 fully saturated rings. The summed E-state index contributed by atoms with van der Waals surface area (Å²) < 4.78 is 5.88. The number of aromatic nitrogens is 2. The van der Waals surface area contributed by atoms with E-state index in [0.29, 0.717) is 17.3 Å². The lowest BCUT2D eigenvalue weighted by Crippen LogP contribution is -2.24. The molecule has 3 heterocycles. The molecule has 0 spiro atoms. The summed E-state index contributed by atoms with van der Waals surface area (Å²) in [4.78, 5) is 19.7. The second kappa shape index (κ2) is 5.90. The lowest BCUT2D eigenvalue weighted by molar-refractivity contribution is -0.304. The number of carboxylic acid groups (broad SMARTS) is 1. The second-order valence-electron chi connectivity index (χ2n) is 5.27. The van der Waals surface area contributed by atoms with Crippen LogP contribution >= 0.6 is 11.3 Å². The van der Waals surface area contributed by atoms with Gasteiger partial charge in [-0.1, -0.05) is 6.07 Å². The van der Waals surface area contributed by atoms with Gasteiger partial charge in [-0.05, 0) is 35.7 Å². The number of hydrogen-bond acceptors (Lipinski definition) is 6. The second-order valence-corrected chi connectivity index (χ2v) is 6.05. The number of rotatable bonds is 4. The summed E-state index contributed by atoms with van der Waals surface area (Å²) in [6, 6.07) is 11.4. The Labute approximate surface area is 141 Å². The molecule has 0 aliphatic heterocycles. The van der Waals surface area contributed by atoms with E-state index in [9.17, 15) is 9.90 Å². The van der Waals surface area contributed by atoms with Crippen molar-refractivity contribution in [2.45, 2.75) is 6.42 Å². The van der Waals surface area contributed by atoms with Crippen LogP contribution < -0.4 is 5.11 Å². The first-order chi connectivity index (χ1) is 11.7. The molecule has 5 nitrogen and oxygen atoms in total. The van der Waals surface area contributed by atoms with E-state index in [1.807, 2.05) is 47.2 Å². The molecule has 0 atom stereocenters. The average Bonchev–Trinajstić information content (AvgIpc) is 3.23. The molecule has 1 aromatic carbocycles. The van der Waals surface area contributed by atoms with Crippen molar-refractivity contribution in [2.75, 3.05) is 0 Å². The van der Waals surface area contributed by atoms with Crippen molar-refractivity contribution in [3.8, 4) is 22.8 Å². The maximum atomic E-state index is 11.0. The first-order valence-corrected chi connectivity index (χ1v) is 8.22. The molecule has 0 amide bonds. The van der Waals surface area contributed by atoms with E-state index in [1.165, 1.54) is 11.3 Å². The highest BCUT2D eigenvalue weighted by Crippen LogP contribution is 2.32. The van der Waals surface area contributed by atoms with E-state index in [0.717, 1.165) is 22.0 Å². The van der Waals surface area contributed by atoms with Crippen molar-refractivity contribution in [2.24, 2.45) is 0 Å². The molecule has 6 heteroatoms. The quantitative estimate of drug-likeness (QED) is 0.573. The zero-order chi connectivity index (χ0) is 16.5. The molecule has 0 unspecified atom stereocenters. The number of hydrogen-bond donors (Lipinski definition) is 0. The topological polar surface area (TPSA) is 79.0 Å². The highest BCUT2D eigenvalue weighted by molar-refractivity contribution is 7.08. The maximum absolute atomic E-state index is 11.0. The SMILES string of the molecule is O=C([O-])Cc1nc(-c2ccc3ncccc3c2)oc1-c1ccsc1. The van der Waals surface area contributed by atoms with Gasteiger partial charge in [-0.25, -0.2) is 4.98 Å². The monoisotopic (exact) mass is 335 g/mol. The number of oxazole rings is 1. The van der Waals surface area contributed by atoms with Crippen molar-refractivity contribution >= 4 is 28.2 Å². The van der Waals surface area contributed by atoms with Gasteiger partial charge in [0.15, 0.2) is 5.76 Å². The van der Waals surface area contributed by atoms with Crippen molar-refractivity contribution in [1.82, 2.24) is 9.97 Å². The summed E-state index contributed by atoms with van der Waals surface area (Å²) >= 11 is 1.51. The van der Waals surface area contributed by atoms with E-state index in [2.05, 4.69) is 9.97 Å². The molecule has 0 bridgehead atoms. The van der Waals surface area contributed by atoms with Crippen molar-refractivity contribution in [3.63, 3.8) is 0 Å². The predicted molar refractivity (Wildman–Crippen MR) is 89.3 cm³/mol. The maximum Gasteiger partial charge on any atom is 0.227 e. The van der Waals surface area contributed by atoms with Crippen molar-refractivity contribution < 1.29 is 14.3 Å². The van der Waals surface area contributed by atoms with E-state index in [4.69, 9.17) is 4.42 Å². The van der Waals surface area contributed by atoms with Crippen LogP contribution in [0.3, 0.4) is 0 Å². The number of nitrogens with zero attached hydrogens (tertiary/aromatic N) is 2. The number of carboxylic acids is 1. The number of pyridine rings is 1. The van der Waals surface area contributed by atoms with Crippen LogP contribution in [0.4, 0.5) is 0 Å². The van der Waals surface area contributed by atoms with Gasteiger partial charge in [-0.3, -0.25) is 4.98 Å². The number of carbonyl (C=O) groups excluding carboxylic acids is 1. The molecule has 0 N–H and O–H groups in total. The fourth-order valence-electron chi connectivity index (χ4n) is 2.56. The fraction of sp³-hybridized carbons (Fsp3) is 0.0556. The molecule has 0 saturated heterocycles. The molecule has 4 rings (SSSR count). The van der Waals surface area contributed by atoms with Crippen LogP contribution in [0.2, 0.25) is 0 Å². The highest BCUT2D eigenvalue weighted by Gasteiger charge is 2.17. The minimum absolute atomic E-state index is 0.288. The number of benzene rings is 1. The molecule has 0 radical (unpaired) electrons. The minimum Gasteiger partial charge on any atom is -0.550 e. The molecule has 3 aromatic heterocycles. The van der Waals surface area contributed by atoms with Gasteiger partial charge in [0.25, 0.3) is 0 Å². The number of thiophene rings is 1. The van der Waals surface area contributed by atoms with Crippen LogP contribution in [0.1, 0.15) is 5.69 Å². The third-order valence-electron chi connectivity index (χ3n) is 3.64. The Hall–Kier alpha value is -2.99.